The van der Waals surface area contributed by atoms with E-state index in [0.29, 0.717) is 18.0 Å². The molecule has 0 unspecified atom stereocenters. The second-order valence-electron chi connectivity index (χ2n) is 9.89. The third-order valence-electron chi connectivity index (χ3n) is 7.48. The zero-order valence-electron chi connectivity index (χ0n) is 20.3. The summed E-state index contributed by atoms with van der Waals surface area (Å²) < 4.78 is 17.5. The molecule has 11 heteroatoms. The summed E-state index contributed by atoms with van der Waals surface area (Å²) >= 11 is 6.27. The smallest absolute Gasteiger partial charge is 0.270 e. The van der Waals surface area contributed by atoms with E-state index >= 15 is 0 Å². The molecule has 0 atom stereocenters. The molecule has 1 saturated carbocycles. The van der Waals surface area contributed by atoms with E-state index < -0.39 is 11.4 Å². The van der Waals surface area contributed by atoms with Crippen molar-refractivity contribution in [2.24, 2.45) is 5.41 Å². The number of hydrogen-bond donors (Lipinski definition) is 1. The largest absolute Gasteiger partial charge is 0.327 e. The first-order chi connectivity index (χ1) is 18.3. The number of rotatable bonds is 3. The van der Waals surface area contributed by atoms with Crippen molar-refractivity contribution in [1.82, 2.24) is 28.8 Å². The number of halogens is 2. The van der Waals surface area contributed by atoms with Gasteiger partial charge in [0.05, 0.1) is 5.02 Å². The van der Waals surface area contributed by atoms with Crippen molar-refractivity contribution in [2.45, 2.75) is 26.2 Å². The Kier molecular flexibility index (Phi) is 4.87. The van der Waals surface area contributed by atoms with Crippen molar-refractivity contribution in [3.63, 3.8) is 0 Å². The highest BCUT2D eigenvalue weighted by Gasteiger charge is 2.50. The molecule has 1 spiro atoms. The van der Waals surface area contributed by atoms with Gasteiger partial charge in [-0.25, -0.2) is 18.9 Å². The molecule has 190 valence electrons. The summed E-state index contributed by atoms with van der Waals surface area (Å²) in [5.74, 6) is -0.128. The standard InChI is InChI=1S/C27H21ClFN7O2/c1-15(37)34-13-16-11-17(5-6-19(16)27(14-34)7-8-27)32-25-31-12-18-23(33-25)35-10-9-30-26(35)36(24(18)38)22-20(28)3-2-4-21(22)29/h2-6,9-10,12-13H,7-8,11,14H2,1H3,(H,31,32,33). The molecule has 0 bridgehead atoms. The third kappa shape index (κ3) is 3.40. The summed E-state index contributed by atoms with van der Waals surface area (Å²) in [4.78, 5) is 40.7. The molecule has 2 aliphatic carbocycles. The van der Waals surface area contributed by atoms with Crippen molar-refractivity contribution in [1.29, 1.82) is 0 Å². The van der Waals surface area contributed by atoms with Crippen molar-refractivity contribution in [3.8, 4) is 5.69 Å². The molecule has 1 amide bonds. The first-order valence-electron chi connectivity index (χ1n) is 12.2. The normalized spacial score (nSPS) is 17.8. The molecular weight excluding hydrogens is 509 g/mol. The number of amides is 1. The number of imidazole rings is 1. The van der Waals surface area contributed by atoms with Crippen molar-refractivity contribution in [3.05, 3.63) is 93.2 Å². The van der Waals surface area contributed by atoms with Gasteiger partial charge in [0.1, 0.15) is 16.9 Å². The van der Waals surface area contributed by atoms with Crippen LogP contribution in [0.1, 0.15) is 26.2 Å². The van der Waals surface area contributed by atoms with Crippen LogP contribution < -0.4 is 10.9 Å². The summed E-state index contributed by atoms with van der Waals surface area (Å²) in [6, 6.07) is 4.22. The van der Waals surface area contributed by atoms with E-state index in [-0.39, 0.29) is 33.2 Å². The average molecular weight is 530 g/mol. The predicted molar refractivity (Wildman–Crippen MR) is 140 cm³/mol. The molecule has 4 heterocycles. The molecule has 4 aromatic rings. The molecule has 1 fully saturated rings. The van der Waals surface area contributed by atoms with Crippen LogP contribution in [0.3, 0.4) is 0 Å². The Morgan fingerprint density at radius 2 is 2.05 bits per heavy atom. The molecule has 3 aliphatic rings. The number of fused-ring (bicyclic) bond motifs is 5. The highest BCUT2D eigenvalue weighted by molar-refractivity contribution is 6.32. The van der Waals surface area contributed by atoms with Gasteiger partial charge in [0, 0.05) is 55.8 Å². The summed E-state index contributed by atoms with van der Waals surface area (Å²) in [6.45, 7) is 2.33. The van der Waals surface area contributed by atoms with Crippen molar-refractivity contribution >= 4 is 40.3 Å². The lowest BCUT2D eigenvalue weighted by Gasteiger charge is -2.35. The van der Waals surface area contributed by atoms with Crippen molar-refractivity contribution in [2.75, 3.05) is 11.9 Å². The lowest BCUT2D eigenvalue weighted by atomic mass is 9.81. The van der Waals surface area contributed by atoms with Crippen LogP contribution in [-0.2, 0) is 4.79 Å². The highest BCUT2D eigenvalue weighted by Crippen LogP contribution is 2.58. The van der Waals surface area contributed by atoms with Gasteiger partial charge in [-0.3, -0.25) is 14.0 Å². The van der Waals surface area contributed by atoms with Crippen LogP contribution in [0.15, 0.2) is 76.8 Å². The van der Waals surface area contributed by atoms with E-state index in [4.69, 9.17) is 11.6 Å². The van der Waals surface area contributed by atoms with Gasteiger partial charge in [-0.05, 0) is 42.2 Å². The fourth-order valence-corrected chi connectivity index (χ4v) is 5.69. The predicted octanol–water partition coefficient (Wildman–Crippen LogP) is 4.37. The van der Waals surface area contributed by atoms with Gasteiger partial charge in [-0.1, -0.05) is 23.7 Å². The van der Waals surface area contributed by atoms with Crippen molar-refractivity contribution < 1.29 is 9.18 Å². The molecule has 9 nitrogen and oxygen atoms in total. The number of nitrogens with one attached hydrogen (secondary N) is 1. The first kappa shape index (κ1) is 22.9. The minimum Gasteiger partial charge on any atom is -0.327 e. The average Bonchev–Trinajstić information content (AvgIpc) is 3.48. The lowest BCUT2D eigenvalue weighted by Crippen LogP contribution is -2.36. The monoisotopic (exact) mass is 529 g/mol. The quantitative estimate of drug-likeness (QED) is 0.423. The number of carbonyl (C=O) groups excluding carboxylic acids is 1. The van der Waals surface area contributed by atoms with Crippen LogP contribution in [0.4, 0.5) is 10.3 Å². The van der Waals surface area contributed by atoms with E-state index in [2.05, 4.69) is 26.3 Å². The molecule has 1 aliphatic heterocycles. The van der Waals surface area contributed by atoms with Gasteiger partial charge in [-0.15, -0.1) is 0 Å². The maximum atomic E-state index is 14.8. The highest BCUT2D eigenvalue weighted by atomic mass is 35.5. The van der Waals surface area contributed by atoms with Gasteiger partial charge in [0.25, 0.3) is 5.56 Å². The van der Waals surface area contributed by atoms with E-state index in [0.717, 1.165) is 35.2 Å². The van der Waals surface area contributed by atoms with Gasteiger partial charge in [0.2, 0.25) is 17.6 Å². The van der Waals surface area contributed by atoms with Crippen LogP contribution >= 0.6 is 11.6 Å². The van der Waals surface area contributed by atoms with Gasteiger partial charge in [0.15, 0.2) is 5.65 Å². The Balaban J connectivity index is 1.29. The molecular formula is C27H21ClFN7O2. The van der Waals surface area contributed by atoms with E-state index in [9.17, 15) is 14.0 Å². The maximum Gasteiger partial charge on any atom is 0.270 e. The zero-order chi connectivity index (χ0) is 26.2. The molecule has 0 radical (unpaired) electrons. The SMILES string of the molecule is CC(=O)N1C=C2CC(Nc3ncc4c(=O)n(-c5c(F)cccc5Cl)c5nccn5c4n3)=CC=C2C2(CC2)C1. The summed E-state index contributed by atoms with van der Waals surface area (Å²) in [5, 5.41) is 3.53. The lowest BCUT2D eigenvalue weighted by molar-refractivity contribution is -0.127. The number of hydrogen-bond acceptors (Lipinski definition) is 6. The third-order valence-corrected chi connectivity index (χ3v) is 7.78. The number of benzene rings is 1. The topological polar surface area (TPSA) is 97.4 Å². The molecule has 38 heavy (non-hydrogen) atoms. The Morgan fingerprint density at radius 3 is 2.82 bits per heavy atom. The van der Waals surface area contributed by atoms with Crippen LogP contribution in [-0.4, -0.2) is 41.3 Å². The van der Waals surface area contributed by atoms with Crippen LogP contribution in [0.2, 0.25) is 5.02 Å². The minimum absolute atomic E-state index is 0.0384. The van der Waals surface area contributed by atoms with E-state index in [1.165, 1.54) is 36.2 Å². The Labute approximate surface area is 220 Å². The van der Waals surface area contributed by atoms with Crippen LogP contribution in [0.5, 0.6) is 0 Å². The van der Waals surface area contributed by atoms with Gasteiger partial charge in [-0.2, -0.15) is 4.98 Å². The molecule has 3 aromatic heterocycles. The van der Waals surface area contributed by atoms with Crippen LogP contribution in [0, 0.1) is 11.2 Å². The fraction of sp³-hybridized carbons (Fsp3) is 0.222. The zero-order valence-corrected chi connectivity index (χ0v) is 21.0. The Morgan fingerprint density at radius 1 is 1.21 bits per heavy atom. The summed E-state index contributed by atoms with van der Waals surface area (Å²) in [5.41, 5.74) is 3.06. The van der Waals surface area contributed by atoms with E-state index in [1.54, 1.807) is 22.4 Å². The number of aromatic nitrogens is 5. The van der Waals surface area contributed by atoms with E-state index in [1.807, 2.05) is 12.3 Å². The second kappa shape index (κ2) is 8.09. The number of carbonyl (C=O) groups is 1. The Hall–Kier alpha value is -4.31. The number of allylic oxidation sites excluding steroid dienone is 3. The fourth-order valence-electron chi connectivity index (χ4n) is 5.45. The summed E-state index contributed by atoms with van der Waals surface area (Å²) in [6.07, 6.45) is 13.4. The number of anilines is 1. The minimum atomic E-state index is -0.645. The van der Waals surface area contributed by atoms with Crippen LogP contribution in [0.25, 0.3) is 22.5 Å². The molecule has 1 N–H and O–H groups in total. The van der Waals surface area contributed by atoms with Gasteiger partial charge >= 0.3 is 0 Å². The molecule has 7 rings (SSSR count). The second-order valence-corrected chi connectivity index (χ2v) is 10.3. The number of para-hydroxylation sites is 1. The number of nitrogens with zero attached hydrogens (tertiary/aromatic N) is 6. The first-order valence-corrected chi connectivity index (χ1v) is 12.6. The van der Waals surface area contributed by atoms with Gasteiger partial charge < -0.3 is 10.2 Å². The maximum absolute atomic E-state index is 14.8. The Bertz CT molecular complexity index is 1830. The summed E-state index contributed by atoms with van der Waals surface area (Å²) in [7, 11) is 0. The molecule has 1 aromatic carbocycles. The molecule has 0 saturated heterocycles.